The molecule has 106 valence electrons. The Hall–Kier alpha value is -0.970. The number of phenols is 1. The van der Waals surface area contributed by atoms with Crippen LogP contribution < -0.4 is 5.32 Å². The highest BCUT2D eigenvalue weighted by Crippen LogP contribution is 2.31. The van der Waals surface area contributed by atoms with E-state index in [1.807, 2.05) is 13.8 Å². The summed E-state index contributed by atoms with van der Waals surface area (Å²) in [5, 5.41) is 13.3. The van der Waals surface area contributed by atoms with Crippen molar-refractivity contribution in [3.05, 3.63) is 27.7 Å². The lowest BCUT2D eigenvalue weighted by Crippen LogP contribution is -2.38. The minimum absolute atomic E-state index is 0.00202. The van der Waals surface area contributed by atoms with Crippen LogP contribution in [0.1, 0.15) is 19.4 Å². The van der Waals surface area contributed by atoms with E-state index in [9.17, 15) is 9.90 Å². The Morgan fingerprint density at radius 1 is 1.42 bits per heavy atom. The van der Waals surface area contributed by atoms with E-state index in [1.54, 1.807) is 18.0 Å². The zero-order chi connectivity index (χ0) is 14.6. The van der Waals surface area contributed by atoms with Gasteiger partial charge in [-0.1, -0.05) is 23.2 Å². The number of carbonyl (C=O) groups is 1. The van der Waals surface area contributed by atoms with Gasteiger partial charge in [-0.15, -0.1) is 0 Å². The number of nitrogens with zero attached hydrogens (tertiary/aromatic N) is 1. The first kappa shape index (κ1) is 16.1. The van der Waals surface area contributed by atoms with Crippen LogP contribution in [0.3, 0.4) is 0 Å². The molecule has 0 atom stereocenters. The second-order valence-electron chi connectivity index (χ2n) is 4.79. The molecular weight excluding hydrogens is 287 g/mol. The molecule has 1 amide bonds. The van der Waals surface area contributed by atoms with Crippen LogP contribution >= 0.6 is 23.2 Å². The van der Waals surface area contributed by atoms with Gasteiger partial charge in [-0.25, -0.2) is 0 Å². The van der Waals surface area contributed by atoms with Crippen molar-refractivity contribution in [2.75, 3.05) is 13.6 Å². The molecule has 6 heteroatoms. The van der Waals surface area contributed by atoms with Gasteiger partial charge in [-0.2, -0.15) is 0 Å². The van der Waals surface area contributed by atoms with Crippen molar-refractivity contribution in [1.29, 1.82) is 0 Å². The highest BCUT2D eigenvalue weighted by atomic mass is 35.5. The fraction of sp³-hybridized carbons (Fsp3) is 0.462. The first-order valence-electron chi connectivity index (χ1n) is 5.94. The zero-order valence-corrected chi connectivity index (χ0v) is 12.7. The average molecular weight is 305 g/mol. The molecule has 4 nitrogen and oxygen atoms in total. The minimum Gasteiger partial charge on any atom is -0.506 e. The van der Waals surface area contributed by atoms with E-state index in [0.717, 1.165) is 0 Å². The summed E-state index contributed by atoms with van der Waals surface area (Å²) >= 11 is 11.7. The van der Waals surface area contributed by atoms with Gasteiger partial charge in [-0.05, 0) is 33.0 Å². The van der Waals surface area contributed by atoms with Gasteiger partial charge in [0, 0.05) is 23.2 Å². The smallest absolute Gasteiger partial charge is 0.234 e. The van der Waals surface area contributed by atoms with Crippen LogP contribution in [0.2, 0.25) is 10.0 Å². The lowest BCUT2D eigenvalue weighted by molar-refractivity contribution is -0.122. The van der Waals surface area contributed by atoms with E-state index in [0.29, 0.717) is 17.1 Å². The maximum absolute atomic E-state index is 11.6. The highest BCUT2D eigenvalue weighted by molar-refractivity contribution is 6.35. The van der Waals surface area contributed by atoms with E-state index in [1.165, 1.54) is 6.07 Å². The van der Waals surface area contributed by atoms with E-state index < -0.39 is 0 Å². The molecule has 0 aromatic heterocycles. The Labute approximate surface area is 123 Å². The molecule has 0 saturated heterocycles. The van der Waals surface area contributed by atoms with Gasteiger partial charge in [0.2, 0.25) is 5.91 Å². The standard InChI is InChI=1S/C13H18Cl2N2O2/c1-8(2)16-12(18)7-17(3)6-9-4-10(14)5-11(15)13(9)19/h4-5,8,19H,6-7H2,1-3H3,(H,16,18). The van der Waals surface area contributed by atoms with Crippen LogP contribution in [0.15, 0.2) is 12.1 Å². The third kappa shape index (κ3) is 5.27. The van der Waals surface area contributed by atoms with E-state index >= 15 is 0 Å². The summed E-state index contributed by atoms with van der Waals surface area (Å²) in [6.45, 7) is 4.43. The summed E-state index contributed by atoms with van der Waals surface area (Å²) < 4.78 is 0. The zero-order valence-electron chi connectivity index (χ0n) is 11.2. The lowest BCUT2D eigenvalue weighted by atomic mass is 10.2. The van der Waals surface area contributed by atoms with Crippen molar-refractivity contribution in [3.8, 4) is 5.75 Å². The third-order valence-corrected chi connectivity index (χ3v) is 2.92. The number of hydrogen-bond donors (Lipinski definition) is 2. The number of benzene rings is 1. The van der Waals surface area contributed by atoms with Crippen molar-refractivity contribution < 1.29 is 9.90 Å². The van der Waals surface area contributed by atoms with E-state index in [-0.39, 0.29) is 29.3 Å². The van der Waals surface area contributed by atoms with Crippen LogP contribution in [0.4, 0.5) is 0 Å². The lowest BCUT2D eigenvalue weighted by Gasteiger charge is -2.18. The molecule has 1 aromatic rings. The van der Waals surface area contributed by atoms with E-state index in [2.05, 4.69) is 5.32 Å². The largest absolute Gasteiger partial charge is 0.506 e. The molecule has 0 fully saturated rings. The highest BCUT2D eigenvalue weighted by Gasteiger charge is 2.12. The van der Waals surface area contributed by atoms with Gasteiger partial charge in [0.1, 0.15) is 5.75 Å². The van der Waals surface area contributed by atoms with Gasteiger partial charge in [-0.3, -0.25) is 9.69 Å². The molecule has 0 heterocycles. The average Bonchev–Trinajstić information content (AvgIpc) is 2.23. The molecule has 1 rings (SSSR count). The summed E-state index contributed by atoms with van der Waals surface area (Å²) in [6.07, 6.45) is 0. The summed E-state index contributed by atoms with van der Waals surface area (Å²) in [5.74, 6) is -0.0627. The number of halogens is 2. The number of rotatable bonds is 5. The second-order valence-corrected chi connectivity index (χ2v) is 5.63. The van der Waals surface area contributed by atoms with Gasteiger partial charge in [0.15, 0.2) is 0 Å². The van der Waals surface area contributed by atoms with Crippen LogP contribution in [0.25, 0.3) is 0 Å². The SMILES string of the molecule is CC(C)NC(=O)CN(C)Cc1cc(Cl)cc(Cl)c1O. The monoisotopic (exact) mass is 304 g/mol. The van der Waals surface area contributed by atoms with Crippen molar-refractivity contribution in [1.82, 2.24) is 10.2 Å². The maximum Gasteiger partial charge on any atom is 0.234 e. The van der Waals surface area contributed by atoms with Crippen LogP contribution in [-0.4, -0.2) is 35.5 Å². The number of phenolic OH excluding ortho intramolecular Hbond substituents is 1. The third-order valence-electron chi connectivity index (χ3n) is 2.41. The summed E-state index contributed by atoms with van der Waals surface area (Å²) in [4.78, 5) is 13.4. The van der Waals surface area contributed by atoms with Gasteiger partial charge in [0.25, 0.3) is 0 Å². The number of aromatic hydroxyl groups is 1. The molecule has 1 aromatic carbocycles. The Bertz CT molecular complexity index is 464. The summed E-state index contributed by atoms with van der Waals surface area (Å²) in [5.41, 5.74) is 0.595. The van der Waals surface area contributed by atoms with Gasteiger partial charge < -0.3 is 10.4 Å². The van der Waals surface area contributed by atoms with Crippen molar-refractivity contribution in [3.63, 3.8) is 0 Å². The topological polar surface area (TPSA) is 52.6 Å². The molecule has 0 aliphatic heterocycles. The van der Waals surface area contributed by atoms with Crippen LogP contribution in [-0.2, 0) is 11.3 Å². The number of amides is 1. The quantitative estimate of drug-likeness (QED) is 0.879. The molecule has 2 N–H and O–H groups in total. The predicted octanol–water partition coefficient (Wildman–Crippen LogP) is 2.66. The van der Waals surface area contributed by atoms with Gasteiger partial charge >= 0.3 is 0 Å². The fourth-order valence-electron chi connectivity index (χ4n) is 1.70. The van der Waals surface area contributed by atoms with Crippen LogP contribution in [0, 0.1) is 0 Å². The molecule has 19 heavy (non-hydrogen) atoms. The number of carbonyl (C=O) groups excluding carboxylic acids is 1. The van der Waals surface area contributed by atoms with Gasteiger partial charge in [0.05, 0.1) is 11.6 Å². The molecule has 0 aliphatic rings. The van der Waals surface area contributed by atoms with Crippen molar-refractivity contribution >= 4 is 29.1 Å². The summed E-state index contributed by atoms with van der Waals surface area (Å²) in [6, 6.07) is 3.22. The second kappa shape index (κ2) is 6.98. The van der Waals surface area contributed by atoms with Crippen molar-refractivity contribution in [2.24, 2.45) is 0 Å². The van der Waals surface area contributed by atoms with Crippen LogP contribution in [0.5, 0.6) is 5.75 Å². The predicted molar refractivity (Wildman–Crippen MR) is 77.7 cm³/mol. The summed E-state index contributed by atoms with van der Waals surface area (Å²) in [7, 11) is 1.79. The normalized spacial score (nSPS) is 11.1. The first-order valence-corrected chi connectivity index (χ1v) is 6.70. The Balaban J connectivity index is 2.67. The number of nitrogens with one attached hydrogen (secondary N) is 1. The molecule has 0 saturated carbocycles. The Kier molecular flexibility index (Phi) is 5.91. The maximum atomic E-state index is 11.6. The first-order chi connectivity index (χ1) is 8.79. The fourth-order valence-corrected chi connectivity index (χ4v) is 2.23. The Morgan fingerprint density at radius 2 is 2.05 bits per heavy atom. The number of hydrogen-bond acceptors (Lipinski definition) is 3. The Morgan fingerprint density at radius 3 is 2.63 bits per heavy atom. The molecule has 0 bridgehead atoms. The molecule has 0 radical (unpaired) electrons. The van der Waals surface area contributed by atoms with E-state index in [4.69, 9.17) is 23.2 Å². The van der Waals surface area contributed by atoms with Crippen molar-refractivity contribution in [2.45, 2.75) is 26.4 Å². The minimum atomic E-state index is -0.0647. The number of likely N-dealkylation sites (N-methyl/N-ethyl adjacent to an activating group) is 1. The molecule has 0 aliphatic carbocycles. The molecule has 0 spiro atoms. The molecular formula is C13H18Cl2N2O2. The molecule has 0 unspecified atom stereocenters.